The summed E-state index contributed by atoms with van der Waals surface area (Å²) in [4.78, 5) is 29.8. The first-order valence-electron chi connectivity index (χ1n) is 9.22. The quantitative estimate of drug-likeness (QED) is 0.673. The summed E-state index contributed by atoms with van der Waals surface area (Å²) in [6.45, 7) is 9.20. The van der Waals surface area contributed by atoms with Gasteiger partial charge in [0, 0.05) is 16.8 Å². The Morgan fingerprint density at radius 1 is 1.00 bits per heavy atom. The van der Waals surface area contributed by atoms with E-state index in [2.05, 4.69) is 10.3 Å². The molecule has 1 unspecified atom stereocenters. The third-order valence-corrected chi connectivity index (χ3v) is 4.69. The Bertz CT molecular complexity index is 1050. The van der Waals surface area contributed by atoms with Gasteiger partial charge in [0.15, 0.2) is 6.10 Å². The molecule has 1 amide bonds. The van der Waals surface area contributed by atoms with Crippen molar-refractivity contribution < 1.29 is 14.3 Å². The Labute approximate surface area is 164 Å². The number of nitrogens with one attached hydrogen (secondary N) is 1. The highest BCUT2D eigenvalue weighted by atomic mass is 16.5. The second-order valence-electron chi connectivity index (χ2n) is 7.14. The minimum Gasteiger partial charge on any atom is -0.449 e. The predicted octanol–water partition coefficient (Wildman–Crippen LogP) is 4.65. The molecule has 1 atom stereocenters. The Kier molecular flexibility index (Phi) is 5.45. The number of aromatic nitrogens is 1. The van der Waals surface area contributed by atoms with Gasteiger partial charge >= 0.3 is 5.97 Å². The lowest BCUT2D eigenvalue weighted by Crippen LogP contribution is -2.30. The largest absolute Gasteiger partial charge is 0.449 e. The average Bonchev–Trinajstić information content (AvgIpc) is 2.64. The minimum absolute atomic E-state index is 0.364. The normalized spacial score (nSPS) is 11.9. The number of fused-ring (bicyclic) bond motifs is 1. The Hall–Kier alpha value is -3.21. The summed E-state index contributed by atoms with van der Waals surface area (Å²) in [5.41, 5.74) is 5.54. The number of ether oxygens (including phenoxy) is 1. The molecule has 2 aromatic carbocycles. The smallest absolute Gasteiger partial charge is 0.339 e. The lowest BCUT2D eigenvalue weighted by molar-refractivity contribution is -0.123. The molecule has 5 heteroatoms. The van der Waals surface area contributed by atoms with Crippen LogP contribution in [0.4, 0.5) is 5.69 Å². The van der Waals surface area contributed by atoms with Gasteiger partial charge in [0.1, 0.15) is 0 Å². The number of pyridine rings is 1. The molecule has 0 aliphatic rings. The maximum Gasteiger partial charge on any atom is 0.339 e. The number of esters is 1. The van der Waals surface area contributed by atoms with Gasteiger partial charge in [-0.3, -0.25) is 9.78 Å². The van der Waals surface area contributed by atoms with E-state index in [9.17, 15) is 9.59 Å². The topological polar surface area (TPSA) is 68.3 Å². The van der Waals surface area contributed by atoms with Crippen LogP contribution in [0.25, 0.3) is 10.9 Å². The molecule has 3 aromatic rings. The summed E-state index contributed by atoms with van der Waals surface area (Å²) >= 11 is 0. The molecule has 144 valence electrons. The van der Waals surface area contributed by atoms with Crippen molar-refractivity contribution in [3.05, 3.63) is 70.4 Å². The summed E-state index contributed by atoms with van der Waals surface area (Å²) in [5.74, 6) is -0.901. The highest BCUT2D eigenvalue weighted by molar-refractivity contribution is 6.05. The zero-order valence-corrected chi connectivity index (χ0v) is 16.8. The Morgan fingerprint density at radius 3 is 2.36 bits per heavy atom. The van der Waals surface area contributed by atoms with Gasteiger partial charge in [-0.25, -0.2) is 4.79 Å². The predicted molar refractivity (Wildman–Crippen MR) is 111 cm³/mol. The van der Waals surface area contributed by atoms with Crippen LogP contribution in [0, 0.1) is 27.7 Å². The highest BCUT2D eigenvalue weighted by Crippen LogP contribution is 2.22. The molecule has 28 heavy (non-hydrogen) atoms. The molecule has 0 fully saturated rings. The average molecular weight is 376 g/mol. The molecule has 1 heterocycles. The number of anilines is 1. The molecule has 0 aliphatic heterocycles. The number of nitrogens with zero attached hydrogens (tertiary/aromatic N) is 1. The number of carbonyl (C=O) groups excluding carboxylic acids is 2. The van der Waals surface area contributed by atoms with Crippen molar-refractivity contribution in [3.63, 3.8) is 0 Å². The monoisotopic (exact) mass is 376 g/mol. The number of aryl methyl sites for hydroxylation is 4. The summed E-state index contributed by atoms with van der Waals surface area (Å²) in [6.07, 6.45) is -0.931. The van der Waals surface area contributed by atoms with Crippen LogP contribution in [0.3, 0.4) is 0 Å². The molecule has 0 saturated heterocycles. The van der Waals surface area contributed by atoms with E-state index in [1.54, 1.807) is 13.0 Å². The lowest BCUT2D eigenvalue weighted by Gasteiger charge is -2.17. The van der Waals surface area contributed by atoms with E-state index in [0.717, 1.165) is 39.0 Å². The van der Waals surface area contributed by atoms with E-state index in [1.165, 1.54) is 0 Å². The van der Waals surface area contributed by atoms with E-state index in [1.807, 2.05) is 64.1 Å². The molecule has 1 N–H and O–H groups in total. The molecule has 0 radical (unpaired) electrons. The fourth-order valence-corrected chi connectivity index (χ4v) is 3.15. The number of hydrogen-bond donors (Lipinski definition) is 1. The zero-order valence-electron chi connectivity index (χ0n) is 16.8. The highest BCUT2D eigenvalue weighted by Gasteiger charge is 2.22. The van der Waals surface area contributed by atoms with Crippen LogP contribution in [0.1, 0.15) is 39.7 Å². The number of carbonyl (C=O) groups is 2. The fourth-order valence-electron chi connectivity index (χ4n) is 3.15. The SMILES string of the molecule is Cc1ccc2nc(C)cc(C(=O)OC(C)C(=O)Nc3c(C)cccc3C)c2c1. The molecule has 5 nitrogen and oxygen atoms in total. The summed E-state index contributed by atoms with van der Waals surface area (Å²) in [7, 11) is 0. The molecule has 0 aliphatic carbocycles. The number of para-hydroxylation sites is 1. The number of hydrogen-bond acceptors (Lipinski definition) is 4. The Balaban J connectivity index is 1.82. The summed E-state index contributed by atoms with van der Waals surface area (Å²) in [5, 5.41) is 3.58. The third-order valence-electron chi connectivity index (χ3n) is 4.69. The van der Waals surface area contributed by atoms with Gasteiger partial charge in [-0.2, -0.15) is 0 Å². The van der Waals surface area contributed by atoms with Crippen molar-refractivity contribution in [1.82, 2.24) is 4.98 Å². The van der Waals surface area contributed by atoms with E-state index in [-0.39, 0.29) is 5.91 Å². The first-order chi connectivity index (χ1) is 13.3. The van der Waals surface area contributed by atoms with Crippen molar-refractivity contribution >= 4 is 28.5 Å². The molecular weight excluding hydrogens is 352 g/mol. The van der Waals surface area contributed by atoms with Crippen LogP contribution in [-0.2, 0) is 9.53 Å². The first kappa shape index (κ1) is 19.5. The molecule has 0 bridgehead atoms. The number of benzene rings is 2. The standard InChI is InChI=1S/C23H24N2O3/c1-13-9-10-20-18(11-13)19(12-16(4)24-20)23(27)28-17(5)22(26)25-21-14(2)7-6-8-15(21)3/h6-12,17H,1-5H3,(H,25,26). The van der Waals surface area contributed by atoms with Crippen LogP contribution >= 0.6 is 0 Å². The van der Waals surface area contributed by atoms with Crippen molar-refractivity contribution in [2.45, 2.75) is 40.7 Å². The molecule has 0 spiro atoms. The van der Waals surface area contributed by atoms with Gasteiger partial charge in [0.05, 0.1) is 11.1 Å². The van der Waals surface area contributed by atoms with Crippen LogP contribution in [-0.4, -0.2) is 23.0 Å². The van der Waals surface area contributed by atoms with Crippen LogP contribution < -0.4 is 5.32 Å². The van der Waals surface area contributed by atoms with Crippen LogP contribution in [0.15, 0.2) is 42.5 Å². The molecule has 0 saturated carbocycles. The van der Waals surface area contributed by atoms with Crippen molar-refractivity contribution in [3.8, 4) is 0 Å². The number of amides is 1. The second kappa shape index (κ2) is 7.80. The molecule has 3 rings (SSSR count). The van der Waals surface area contributed by atoms with Crippen molar-refractivity contribution in [2.24, 2.45) is 0 Å². The zero-order chi connectivity index (χ0) is 20.4. The third kappa shape index (κ3) is 4.03. The lowest BCUT2D eigenvalue weighted by atomic mass is 10.1. The van der Waals surface area contributed by atoms with Gasteiger partial charge < -0.3 is 10.1 Å². The van der Waals surface area contributed by atoms with Crippen molar-refractivity contribution in [2.75, 3.05) is 5.32 Å². The van der Waals surface area contributed by atoms with Gasteiger partial charge in [0.2, 0.25) is 0 Å². The van der Waals surface area contributed by atoms with E-state index < -0.39 is 12.1 Å². The van der Waals surface area contributed by atoms with Gasteiger partial charge in [-0.1, -0.05) is 29.8 Å². The maximum atomic E-state index is 12.8. The second-order valence-corrected chi connectivity index (χ2v) is 7.14. The van der Waals surface area contributed by atoms with E-state index >= 15 is 0 Å². The van der Waals surface area contributed by atoms with E-state index in [0.29, 0.717) is 5.56 Å². The summed E-state index contributed by atoms with van der Waals surface area (Å²) in [6, 6.07) is 13.2. The van der Waals surface area contributed by atoms with Gasteiger partial charge in [-0.15, -0.1) is 0 Å². The molecular formula is C23H24N2O3. The first-order valence-corrected chi connectivity index (χ1v) is 9.22. The summed E-state index contributed by atoms with van der Waals surface area (Å²) < 4.78 is 5.47. The van der Waals surface area contributed by atoms with Crippen molar-refractivity contribution in [1.29, 1.82) is 0 Å². The Morgan fingerprint density at radius 2 is 1.68 bits per heavy atom. The maximum absolute atomic E-state index is 12.8. The number of rotatable bonds is 4. The van der Waals surface area contributed by atoms with Gasteiger partial charge in [0.25, 0.3) is 5.91 Å². The minimum atomic E-state index is -0.931. The van der Waals surface area contributed by atoms with Crippen LogP contribution in [0.5, 0.6) is 0 Å². The molecule has 1 aromatic heterocycles. The fraction of sp³-hybridized carbons (Fsp3) is 0.261. The van der Waals surface area contributed by atoms with E-state index in [4.69, 9.17) is 4.74 Å². The van der Waals surface area contributed by atoms with Gasteiger partial charge in [-0.05, 0) is 63.9 Å². The van der Waals surface area contributed by atoms with Crippen LogP contribution in [0.2, 0.25) is 0 Å².